The zero-order valence-corrected chi connectivity index (χ0v) is 9.86. The van der Waals surface area contributed by atoms with E-state index in [0.29, 0.717) is 6.54 Å². The van der Waals surface area contributed by atoms with Crippen LogP contribution in [0.4, 0.5) is 10.5 Å². The third-order valence-electron chi connectivity index (χ3n) is 2.10. The zero-order valence-electron chi connectivity index (χ0n) is 9.86. The summed E-state index contributed by atoms with van der Waals surface area (Å²) in [6.45, 7) is 1.67. The SMILES string of the molecule is CN(C)CCCNC(=O)Nc1ccccc1. The van der Waals surface area contributed by atoms with E-state index in [4.69, 9.17) is 0 Å². The summed E-state index contributed by atoms with van der Waals surface area (Å²) >= 11 is 0. The number of nitrogens with one attached hydrogen (secondary N) is 2. The van der Waals surface area contributed by atoms with Gasteiger partial charge < -0.3 is 15.5 Å². The van der Waals surface area contributed by atoms with E-state index in [1.54, 1.807) is 0 Å². The number of anilines is 1. The Labute approximate surface area is 96.6 Å². The first-order valence-electron chi connectivity index (χ1n) is 5.43. The lowest BCUT2D eigenvalue weighted by molar-refractivity contribution is 0.251. The van der Waals surface area contributed by atoms with E-state index >= 15 is 0 Å². The van der Waals surface area contributed by atoms with E-state index in [-0.39, 0.29) is 6.03 Å². The zero-order chi connectivity index (χ0) is 11.8. The van der Waals surface area contributed by atoms with Crippen LogP contribution in [0.1, 0.15) is 6.42 Å². The van der Waals surface area contributed by atoms with Gasteiger partial charge in [-0.1, -0.05) is 18.2 Å². The molecule has 0 unspecified atom stereocenters. The molecule has 1 aromatic rings. The van der Waals surface area contributed by atoms with Crippen LogP contribution in [-0.2, 0) is 0 Å². The average molecular weight is 221 g/mol. The lowest BCUT2D eigenvalue weighted by Crippen LogP contribution is -2.31. The van der Waals surface area contributed by atoms with Crippen molar-refractivity contribution in [3.8, 4) is 0 Å². The van der Waals surface area contributed by atoms with Crippen molar-refractivity contribution in [3.05, 3.63) is 30.3 Å². The predicted octanol–water partition coefficient (Wildman–Crippen LogP) is 1.76. The molecule has 0 aliphatic heterocycles. The summed E-state index contributed by atoms with van der Waals surface area (Å²) < 4.78 is 0. The van der Waals surface area contributed by atoms with Crippen molar-refractivity contribution in [3.63, 3.8) is 0 Å². The summed E-state index contributed by atoms with van der Waals surface area (Å²) in [5, 5.41) is 5.58. The van der Waals surface area contributed by atoms with Gasteiger partial charge in [0.15, 0.2) is 0 Å². The van der Waals surface area contributed by atoms with Crippen molar-refractivity contribution in [1.82, 2.24) is 10.2 Å². The fourth-order valence-corrected chi connectivity index (χ4v) is 1.29. The number of rotatable bonds is 5. The number of nitrogens with zero attached hydrogens (tertiary/aromatic N) is 1. The summed E-state index contributed by atoms with van der Waals surface area (Å²) in [4.78, 5) is 13.5. The molecule has 0 saturated heterocycles. The normalized spacial score (nSPS) is 10.2. The van der Waals surface area contributed by atoms with Crippen molar-refractivity contribution in [1.29, 1.82) is 0 Å². The molecule has 0 spiro atoms. The maximum atomic E-state index is 11.4. The van der Waals surface area contributed by atoms with Gasteiger partial charge in [0.1, 0.15) is 0 Å². The van der Waals surface area contributed by atoms with Gasteiger partial charge in [0.05, 0.1) is 0 Å². The molecular weight excluding hydrogens is 202 g/mol. The average Bonchev–Trinajstić information content (AvgIpc) is 2.25. The molecule has 0 aliphatic carbocycles. The molecule has 4 nitrogen and oxygen atoms in total. The number of para-hydroxylation sites is 1. The molecule has 1 aromatic carbocycles. The van der Waals surface area contributed by atoms with Crippen molar-refractivity contribution >= 4 is 11.7 Å². The Balaban J connectivity index is 2.17. The first-order chi connectivity index (χ1) is 7.68. The van der Waals surface area contributed by atoms with Gasteiger partial charge in [-0.2, -0.15) is 0 Å². The third-order valence-corrected chi connectivity index (χ3v) is 2.10. The van der Waals surface area contributed by atoms with Crippen LogP contribution in [0.25, 0.3) is 0 Å². The van der Waals surface area contributed by atoms with Gasteiger partial charge in [-0.05, 0) is 39.2 Å². The van der Waals surface area contributed by atoms with E-state index < -0.39 is 0 Å². The smallest absolute Gasteiger partial charge is 0.319 e. The van der Waals surface area contributed by atoms with Crippen LogP contribution in [-0.4, -0.2) is 38.1 Å². The molecule has 0 aromatic heterocycles. The molecule has 0 heterocycles. The Morgan fingerprint density at radius 2 is 1.94 bits per heavy atom. The van der Waals surface area contributed by atoms with Crippen LogP contribution in [0.3, 0.4) is 0 Å². The van der Waals surface area contributed by atoms with Crippen LogP contribution < -0.4 is 10.6 Å². The highest BCUT2D eigenvalue weighted by molar-refractivity contribution is 5.89. The van der Waals surface area contributed by atoms with Crippen LogP contribution in [0.5, 0.6) is 0 Å². The highest BCUT2D eigenvalue weighted by Crippen LogP contribution is 2.03. The largest absolute Gasteiger partial charge is 0.338 e. The number of amides is 2. The van der Waals surface area contributed by atoms with E-state index in [1.807, 2.05) is 44.4 Å². The second-order valence-electron chi connectivity index (χ2n) is 3.90. The van der Waals surface area contributed by atoms with Gasteiger partial charge in [-0.15, -0.1) is 0 Å². The fraction of sp³-hybridized carbons (Fsp3) is 0.417. The molecule has 0 aliphatic rings. The van der Waals surface area contributed by atoms with Crippen molar-refractivity contribution in [2.24, 2.45) is 0 Å². The summed E-state index contributed by atoms with van der Waals surface area (Å²) in [5.41, 5.74) is 0.813. The molecule has 88 valence electrons. The first-order valence-corrected chi connectivity index (χ1v) is 5.43. The maximum absolute atomic E-state index is 11.4. The number of hydrogen-bond donors (Lipinski definition) is 2. The fourth-order valence-electron chi connectivity index (χ4n) is 1.29. The number of benzene rings is 1. The monoisotopic (exact) mass is 221 g/mol. The van der Waals surface area contributed by atoms with Gasteiger partial charge >= 0.3 is 6.03 Å². The minimum absolute atomic E-state index is 0.148. The second kappa shape index (κ2) is 6.85. The Hall–Kier alpha value is -1.55. The number of carbonyl (C=O) groups is 1. The predicted molar refractivity (Wildman–Crippen MR) is 66.6 cm³/mol. The molecule has 1 rings (SSSR count). The highest BCUT2D eigenvalue weighted by Gasteiger charge is 1.99. The molecule has 0 bridgehead atoms. The second-order valence-corrected chi connectivity index (χ2v) is 3.90. The Morgan fingerprint density at radius 3 is 2.56 bits per heavy atom. The van der Waals surface area contributed by atoms with Crippen LogP contribution in [0.15, 0.2) is 30.3 Å². The Morgan fingerprint density at radius 1 is 1.25 bits per heavy atom. The van der Waals surface area contributed by atoms with E-state index in [1.165, 1.54) is 0 Å². The van der Waals surface area contributed by atoms with Gasteiger partial charge in [0.25, 0.3) is 0 Å². The van der Waals surface area contributed by atoms with E-state index in [9.17, 15) is 4.79 Å². The lowest BCUT2D eigenvalue weighted by atomic mass is 10.3. The number of hydrogen-bond acceptors (Lipinski definition) is 2. The highest BCUT2D eigenvalue weighted by atomic mass is 16.2. The molecular formula is C12H19N3O. The summed E-state index contributed by atoms with van der Waals surface area (Å²) in [6, 6.07) is 9.27. The standard InChI is InChI=1S/C12H19N3O/c1-15(2)10-6-9-13-12(16)14-11-7-4-3-5-8-11/h3-5,7-8H,6,9-10H2,1-2H3,(H2,13,14,16). The van der Waals surface area contributed by atoms with Crippen LogP contribution in [0, 0.1) is 0 Å². The first kappa shape index (κ1) is 12.5. The van der Waals surface area contributed by atoms with Crippen molar-refractivity contribution < 1.29 is 4.79 Å². The van der Waals surface area contributed by atoms with Gasteiger partial charge in [0.2, 0.25) is 0 Å². The molecule has 4 heteroatoms. The Kier molecular flexibility index (Phi) is 5.36. The van der Waals surface area contributed by atoms with Crippen molar-refractivity contribution in [2.45, 2.75) is 6.42 Å². The summed E-state index contributed by atoms with van der Waals surface area (Å²) in [6.07, 6.45) is 0.954. The molecule has 0 saturated carbocycles. The molecule has 2 N–H and O–H groups in total. The molecule has 16 heavy (non-hydrogen) atoms. The van der Waals surface area contributed by atoms with E-state index in [2.05, 4.69) is 15.5 Å². The van der Waals surface area contributed by atoms with Gasteiger partial charge in [0, 0.05) is 12.2 Å². The Bertz CT molecular complexity index is 311. The molecule has 0 atom stereocenters. The van der Waals surface area contributed by atoms with Crippen molar-refractivity contribution in [2.75, 3.05) is 32.5 Å². The topological polar surface area (TPSA) is 44.4 Å². The quantitative estimate of drug-likeness (QED) is 0.744. The van der Waals surface area contributed by atoms with Gasteiger partial charge in [-0.3, -0.25) is 0 Å². The van der Waals surface area contributed by atoms with E-state index in [0.717, 1.165) is 18.7 Å². The maximum Gasteiger partial charge on any atom is 0.319 e. The molecule has 0 radical (unpaired) electrons. The van der Waals surface area contributed by atoms with Crippen LogP contribution in [0.2, 0.25) is 0 Å². The number of carbonyl (C=O) groups excluding carboxylic acids is 1. The minimum Gasteiger partial charge on any atom is -0.338 e. The molecule has 2 amide bonds. The summed E-state index contributed by atoms with van der Waals surface area (Å²) in [7, 11) is 4.04. The lowest BCUT2D eigenvalue weighted by Gasteiger charge is -2.10. The van der Waals surface area contributed by atoms with Crippen LogP contribution >= 0.6 is 0 Å². The summed E-state index contributed by atoms with van der Waals surface area (Å²) in [5.74, 6) is 0. The number of urea groups is 1. The molecule has 0 fully saturated rings. The third kappa shape index (κ3) is 5.36. The minimum atomic E-state index is -0.148. The van der Waals surface area contributed by atoms with Gasteiger partial charge in [-0.25, -0.2) is 4.79 Å².